The number of ketones is 1. The minimum Gasteiger partial charge on any atom is -0.495 e. The van der Waals surface area contributed by atoms with Crippen molar-refractivity contribution >= 4 is 34.8 Å². The molecule has 0 saturated carbocycles. The highest BCUT2D eigenvalue weighted by Gasteiger charge is 2.32. The molecule has 3 amide bonds. The first-order valence-electron chi connectivity index (χ1n) is 18.5. The maximum atomic E-state index is 14.1. The monoisotopic (exact) mass is 774 g/mol. The normalized spacial score (nSPS) is 14.6. The van der Waals surface area contributed by atoms with Crippen LogP contribution < -0.4 is 45.4 Å². The number of carbonyl (C=O) groups excluding carboxylic acids is 4. The summed E-state index contributed by atoms with van der Waals surface area (Å²) in [4.78, 5) is 54.1. The minimum absolute atomic E-state index is 0.0177. The fourth-order valence-electron chi connectivity index (χ4n) is 6.46. The number of fused-ring (bicyclic) bond motifs is 1. The van der Waals surface area contributed by atoms with Crippen molar-refractivity contribution in [3.05, 3.63) is 77.4 Å². The van der Waals surface area contributed by atoms with Gasteiger partial charge < -0.3 is 50.5 Å². The van der Waals surface area contributed by atoms with Gasteiger partial charge in [-0.1, -0.05) is 64.1 Å². The zero-order valence-electron chi connectivity index (χ0n) is 33.3. The number of aliphatic hydroxyl groups excluding tert-OH is 1. The summed E-state index contributed by atoms with van der Waals surface area (Å²) in [6, 6.07) is 13.0. The van der Waals surface area contributed by atoms with Gasteiger partial charge >= 0.3 is 0 Å². The molecule has 0 aromatic heterocycles. The lowest BCUT2D eigenvalue weighted by Gasteiger charge is -2.27. The van der Waals surface area contributed by atoms with Gasteiger partial charge in [-0.25, -0.2) is 0 Å². The Morgan fingerprint density at radius 2 is 1.39 bits per heavy atom. The van der Waals surface area contributed by atoms with Crippen LogP contribution in [-0.4, -0.2) is 87.9 Å². The second-order valence-electron chi connectivity index (χ2n) is 14.4. The molecule has 0 fully saturated rings. The van der Waals surface area contributed by atoms with Gasteiger partial charge in [0, 0.05) is 11.6 Å². The Kier molecular flexibility index (Phi) is 15.3. The lowest BCUT2D eigenvalue weighted by atomic mass is 9.94. The maximum absolute atomic E-state index is 14.1. The average Bonchev–Trinajstić information content (AvgIpc) is 3.34. The number of benzene rings is 3. The lowest BCUT2D eigenvalue weighted by molar-refractivity contribution is -0.135. The zero-order valence-corrected chi connectivity index (χ0v) is 33.3. The highest BCUT2D eigenvalue weighted by molar-refractivity contribution is 6.05. The van der Waals surface area contributed by atoms with Crippen molar-refractivity contribution in [2.45, 2.75) is 71.2 Å². The summed E-state index contributed by atoms with van der Waals surface area (Å²) < 4.78 is 28.2. The number of amides is 3. The third-order valence-electron chi connectivity index (χ3n) is 9.18. The van der Waals surface area contributed by atoms with Crippen molar-refractivity contribution in [3.63, 3.8) is 0 Å². The molecular formula is C42H54N4O10. The number of aliphatic hydroxyl groups is 1. The first-order valence-corrected chi connectivity index (χ1v) is 18.5. The van der Waals surface area contributed by atoms with Crippen molar-refractivity contribution in [1.82, 2.24) is 10.6 Å². The largest absolute Gasteiger partial charge is 0.495 e. The zero-order chi connectivity index (χ0) is 41.1. The Hall–Kier alpha value is -5.60. The molecule has 4 rings (SSSR count). The van der Waals surface area contributed by atoms with E-state index >= 15 is 0 Å². The molecule has 0 saturated heterocycles. The van der Waals surface area contributed by atoms with E-state index in [1.54, 1.807) is 24.3 Å². The van der Waals surface area contributed by atoms with E-state index in [4.69, 9.17) is 29.4 Å². The van der Waals surface area contributed by atoms with E-state index < -0.39 is 42.0 Å². The third-order valence-corrected chi connectivity index (χ3v) is 9.18. The number of ether oxygens (including phenoxy) is 5. The average molecular weight is 775 g/mol. The molecular weight excluding hydrogens is 720 g/mol. The quantitative estimate of drug-likeness (QED) is 0.125. The van der Waals surface area contributed by atoms with E-state index in [-0.39, 0.29) is 60.7 Å². The van der Waals surface area contributed by atoms with Crippen LogP contribution in [0.5, 0.6) is 28.7 Å². The van der Waals surface area contributed by atoms with Gasteiger partial charge in [0.25, 0.3) is 5.91 Å². The second kappa shape index (κ2) is 19.8. The molecule has 6 N–H and O–H groups in total. The van der Waals surface area contributed by atoms with Crippen LogP contribution in [0.4, 0.5) is 5.69 Å². The smallest absolute Gasteiger partial charge is 0.251 e. The number of hydrogen-bond acceptors (Lipinski definition) is 11. The lowest BCUT2D eigenvalue weighted by Crippen LogP contribution is -2.56. The van der Waals surface area contributed by atoms with E-state index in [2.05, 4.69) is 16.0 Å². The van der Waals surface area contributed by atoms with E-state index in [9.17, 15) is 24.3 Å². The standard InChI is InChI=1S/C42H54N4O10/c1-23(2)16-32(45-41(50)33(17-24(3)4)46-42(51)36(48)30(43)18-25-12-10-9-11-13-25)40(49)44-31-19-26(14-15-34(31)52-5)28-20-27(47)22-56-37-29(28)21-35(53-6)38(54-7)39(37)55-8/h9-15,19-21,23-24,30,32-33,36,48H,16-18,22,43H2,1-8H3,(H,44,49)(H,45,50)(H,46,51). The Balaban J connectivity index is 1.61. The highest BCUT2D eigenvalue weighted by atomic mass is 16.5. The molecule has 1 aliphatic heterocycles. The fourth-order valence-corrected chi connectivity index (χ4v) is 6.46. The molecule has 14 heteroatoms. The van der Waals surface area contributed by atoms with Crippen LogP contribution in [0, 0.1) is 11.8 Å². The van der Waals surface area contributed by atoms with Gasteiger partial charge in [-0.15, -0.1) is 0 Å². The summed E-state index contributed by atoms with van der Waals surface area (Å²) in [6.07, 6.45) is 0.626. The van der Waals surface area contributed by atoms with E-state index in [0.717, 1.165) is 5.56 Å². The number of nitrogens with two attached hydrogens (primary N) is 1. The highest BCUT2D eigenvalue weighted by Crippen LogP contribution is 2.50. The van der Waals surface area contributed by atoms with Crippen LogP contribution in [0.2, 0.25) is 0 Å². The molecule has 3 aromatic carbocycles. The Bertz CT molecular complexity index is 1900. The van der Waals surface area contributed by atoms with Crippen LogP contribution in [0.15, 0.2) is 60.7 Å². The molecule has 302 valence electrons. The van der Waals surface area contributed by atoms with Gasteiger partial charge in [-0.3, -0.25) is 19.2 Å². The van der Waals surface area contributed by atoms with Gasteiger partial charge in [-0.05, 0) is 72.1 Å². The van der Waals surface area contributed by atoms with Crippen LogP contribution >= 0.6 is 0 Å². The van der Waals surface area contributed by atoms with Crippen molar-refractivity contribution < 1.29 is 48.0 Å². The van der Waals surface area contributed by atoms with Crippen molar-refractivity contribution in [2.75, 3.05) is 40.4 Å². The summed E-state index contributed by atoms with van der Waals surface area (Å²) in [7, 11) is 5.86. The summed E-state index contributed by atoms with van der Waals surface area (Å²) in [6.45, 7) is 7.37. The van der Waals surface area contributed by atoms with Crippen LogP contribution in [0.25, 0.3) is 5.57 Å². The Morgan fingerprint density at radius 3 is 1.98 bits per heavy atom. The summed E-state index contributed by atoms with van der Waals surface area (Å²) >= 11 is 0. The SMILES string of the molecule is COc1ccc(C2=CC(=O)COc3c2cc(OC)c(OC)c3OC)cc1NC(=O)C(CC(C)C)NC(=O)C(CC(C)C)NC(=O)C(O)C(N)Cc1ccccc1. The van der Waals surface area contributed by atoms with E-state index in [1.807, 2.05) is 58.0 Å². The first-order chi connectivity index (χ1) is 26.7. The first kappa shape index (κ1) is 43.1. The molecule has 0 spiro atoms. The molecule has 1 heterocycles. The van der Waals surface area contributed by atoms with Gasteiger partial charge in [0.05, 0.1) is 34.1 Å². The second-order valence-corrected chi connectivity index (χ2v) is 14.4. The summed E-state index contributed by atoms with van der Waals surface area (Å²) in [5.74, 6) is -0.782. The van der Waals surface area contributed by atoms with Crippen LogP contribution in [-0.2, 0) is 25.6 Å². The molecule has 14 nitrogen and oxygen atoms in total. The Morgan fingerprint density at radius 1 is 0.786 bits per heavy atom. The van der Waals surface area contributed by atoms with Crippen LogP contribution in [0.1, 0.15) is 57.2 Å². The van der Waals surface area contributed by atoms with Gasteiger partial charge in [-0.2, -0.15) is 0 Å². The van der Waals surface area contributed by atoms with Crippen molar-refractivity contribution in [2.24, 2.45) is 17.6 Å². The summed E-state index contributed by atoms with van der Waals surface area (Å²) in [5.41, 5.74) is 8.80. The third kappa shape index (κ3) is 10.8. The van der Waals surface area contributed by atoms with E-state index in [1.165, 1.54) is 34.5 Å². The molecule has 3 aromatic rings. The molecule has 0 aliphatic carbocycles. The topological polar surface area (TPSA) is 197 Å². The fraction of sp³-hybridized carbons (Fsp3) is 0.429. The van der Waals surface area contributed by atoms with Crippen LogP contribution in [0.3, 0.4) is 0 Å². The predicted molar refractivity (Wildman–Crippen MR) is 212 cm³/mol. The molecule has 1 aliphatic rings. The molecule has 4 unspecified atom stereocenters. The van der Waals surface area contributed by atoms with Gasteiger partial charge in [0.15, 0.2) is 23.9 Å². The van der Waals surface area contributed by atoms with E-state index in [0.29, 0.717) is 33.9 Å². The number of methoxy groups -OCH3 is 4. The Labute approximate surface area is 328 Å². The summed E-state index contributed by atoms with van der Waals surface area (Å²) in [5, 5.41) is 19.2. The minimum atomic E-state index is -1.58. The molecule has 0 bridgehead atoms. The number of anilines is 1. The van der Waals surface area contributed by atoms with Gasteiger partial charge in [0.1, 0.15) is 23.9 Å². The molecule has 56 heavy (non-hydrogen) atoms. The van der Waals surface area contributed by atoms with Crippen molar-refractivity contribution in [1.29, 1.82) is 0 Å². The number of nitrogens with one attached hydrogen (secondary N) is 3. The van der Waals surface area contributed by atoms with Crippen molar-refractivity contribution in [3.8, 4) is 28.7 Å². The number of hydrogen-bond donors (Lipinski definition) is 5. The molecule has 0 radical (unpaired) electrons. The maximum Gasteiger partial charge on any atom is 0.251 e. The predicted octanol–water partition coefficient (Wildman–Crippen LogP) is 4.05. The molecule has 4 atom stereocenters. The van der Waals surface area contributed by atoms with Gasteiger partial charge in [0.2, 0.25) is 23.3 Å². The number of carbonyl (C=O) groups is 4. The number of rotatable bonds is 18.